The molecule has 0 aliphatic carbocycles. The molecule has 2 heterocycles. The third-order valence-corrected chi connectivity index (χ3v) is 3.83. The molecule has 1 N–H and O–H groups in total. The number of likely N-dealkylation sites (tertiary alicyclic amines) is 1. The van der Waals surface area contributed by atoms with Crippen LogP contribution in [0.3, 0.4) is 0 Å². The number of nitrogens with one attached hydrogen (secondary N) is 1. The van der Waals surface area contributed by atoms with Gasteiger partial charge < -0.3 is 15.0 Å². The Hall–Kier alpha value is -0.120. The number of hydrogen-bond donors (Lipinski definition) is 1. The van der Waals surface area contributed by atoms with Crippen LogP contribution in [0.15, 0.2) is 0 Å². The summed E-state index contributed by atoms with van der Waals surface area (Å²) in [5, 5.41) is 3.60. The van der Waals surface area contributed by atoms with Crippen LogP contribution in [0.2, 0.25) is 0 Å². The Morgan fingerprint density at radius 3 is 2.62 bits per heavy atom. The summed E-state index contributed by atoms with van der Waals surface area (Å²) in [6, 6.07) is 0.580. The van der Waals surface area contributed by atoms with Gasteiger partial charge in [0.2, 0.25) is 0 Å². The number of hydrogen-bond acceptors (Lipinski definition) is 3. The van der Waals surface area contributed by atoms with Crippen LogP contribution in [0.25, 0.3) is 0 Å². The van der Waals surface area contributed by atoms with E-state index in [1.54, 1.807) is 0 Å². The first-order valence-corrected chi connectivity index (χ1v) is 6.74. The average molecular weight is 226 g/mol. The van der Waals surface area contributed by atoms with Gasteiger partial charge in [-0.05, 0) is 32.4 Å². The summed E-state index contributed by atoms with van der Waals surface area (Å²) in [5.74, 6) is 0. The smallest absolute Gasteiger partial charge is 0.0547 e. The quantitative estimate of drug-likeness (QED) is 0.768. The minimum absolute atomic E-state index is 0.384. The Kier molecular flexibility index (Phi) is 4.22. The van der Waals surface area contributed by atoms with Crippen LogP contribution in [-0.2, 0) is 4.74 Å². The number of nitrogens with zero attached hydrogens (tertiary/aromatic N) is 1. The van der Waals surface area contributed by atoms with E-state index < -0.39 is 0 Å². The Bertz CT molecular complexity index is 206. The summed E-state index contributed by atoms with van der Waals surface area (Å²) in [5.41, 5.74) is 0.384. The third kappa shape index (κ3) is 3.19. The molecule has 2 aliphatic heterocycles. The van der Waals surface area contributed by atoms with Gasteiger partial charge in [-0.1, -0.05) is 13.8 Å². The molecule has 94 valence electrons. The highest BCUT2D eigenvalue weighted by atomic mass is 16.5. The summed E-state index contributed by atoms with van der Waals surface area (Å²) in [6.07, 6.45) is 3.99. The van der Waals surface area contributed by atoms with Crippen LogP contribution in [0, 0.1) is 5.41 Å². The number of ether oxygens (including phenoxy) is 1. The first-order valence-electron chi connectivity index (χ1n) is 6.74. The van der Waals surface area contributed by atoms with Gasteiger partial charge in [-0.2, -0.15) is 0 Å². The molecule has 0 aromatic rings. The minimum atomic E-state index is 0.384. The maximum atomic E-state index is 5.64. The van der Waals surface area contributed by atoms with Crippen molar-refractivity contribution in [2.24, 2.45) is 5.41 Å². The molecule has 1 unspecified atom stereocenters. The largest absolute Gasteiger partial charge is 0.381 e. The van der Waals surface area contributed by atoms with Crippen molar-refractivity contribution in [2.45, 2.75) is 39.2 Å². The molecular weight excluding hydrogens is 200 g/mol. The SMILES string of the molecule is CC(C)NCC1(CN2CCCC2)CCOC1. The van der Waals surface area contributed by atoms with Crippen LogP contribution in [-0.4, -0.2) is 50.3 Å². The topological polar surface area (TPSA) is 24.5 Å². The molecule has 1 atom stereocenters. The summed E-state index contributed by atoms with van der Waals surface area (Å²) < 4.78 is 5.64. The second-order valence-corrected chi connectivity index (χ2v) is 5.82. The lowest BCUT2D eigenvalue weighted by Crippen LogP contribution is -2.45. The predicted octanol–water partition coefficient (Wildman–Crippen LogP) is 1.49. The van der Waals surface area contributed by atoms with Gasteiger partial charge in [-0.25, -0.2) is 0 Å². The van der Waals surface area contributed by atoms with Crippen LogP contribution < -0.4 is 5.32 Å². The van der Waals surface area contributed by atoms with E-state index in [0.29, 0.717) is 11.5 Å². The van der Waals surface area contributed by atoms with Crippen LogP contribution in [0.4, 0.5) is 0 Å². The second-order valence-electron chi connectivity index (χ2n) is 5.82. The van der Waals surface area contributed by atoms with E-state index in [0.717, 1.165) is 19.8 Å². The summed E-state index contributed by atoms with van der Waals surface area (Å²) in [4.78, 5) is 2.62. The van der Waals surface area contributed by atoms with Gasteiger partial charge in [-0.15, -0.1) is 0 Å². The molecule has 0 radical (unpaired) electrons. The van der Waals surface area contributed by atoms with E-state index in [-0.39, 0.29) is 0 Å². The van der Waals surface area contributed by atoms with E-state index in [1.165, 1.54) is 38.9 Å². The Balaban J connectivity index is 1.86. The number of rotatable bonds is 5. The molecule has 2 saturated heterocycles. The van der Waals surface area contributed by atoms with Crippen molar-refractivity contribution in [1.82, 2.24) is 10.2 Å². The molecule has 2 fully saturated rings. The highest BCUT2D eigenvalue weighted by Crippen LogP contribution is 2.30. The van der Waals surface area contributed by atoms with Gasteiger partial charge in [-0.3, -0.25) is 0 Å². The zero-order valence-corrected chi connectivity index (χ0v) is 10.8. The highest BCUT2D eigenvalue weighted by Gasteiger charge is 2.36. The van der Waals surface area contributed by atoms with Crippen molar-refractivity contribution in [3.05, 3.63) is 0 Å². The van der Waals surface area contributed by atoms with Gasteiger partial charge >= 0.3 is 0 Å². The predicted molar refractivity (Wildman–Crippen MR) is 66.7 cm³/mol. The second kappa shape index (κ2) is 5.48. The first-order chi connectivity index (χ1) is 7.70. The van der Waals surface area contributed by atoms with Crippen molar-refractivity contribution >= 4 is 0 Å². The van der Waals surface area contributed by atoms with E-state index >= 15 is 0 Å². The fourth-order valence-electron chi connectivity index (χ4n) is 2.81. The van der Waals surface area contributed by atoms with E-state index in [2.05, 4.69) is 24.1 Å². The van der Waals surface area contributed by atoms with Crippen LogP contribution in [0.1, 0.15) is 33.1 Å². The van der Waals surface area contributed by atoms with Crippen molar-refractivity contribution in [2.75, 3.05) is 39.4 Å². The Labute approximate surface area is 99.5 Å². The molecule has 0 saturated carbocycles. The lowest BCUT2D eigenvalue weighted by atomic mass is 9.86. The van der Waals surface area contributed by atoms with Crippen molar-refractivity contribution < 1.29 is 4.74 Å². The molecular formula is C13H26N2O. The van der Waals surface area contributed by atoms with E-state index in [1.807, 2.05) is 0 Å². The third-order valence-electron chi connectivity index (χ3n) is 3.83. The van der Waals surface area contributed by atoms with Crippen molar-refractivity contribution in [3.63, 3.8) is 0 Å². The van der Waals surface area contributed by atoms with Crippen LogP contribution >= 0.6 is 0 Å². The Morgan fingerprint density at radius 1 is 1.31 bits per heavy atom. The molecule has 2 rings (SSSR count). The molecule has 0 aromatic heterocycles. The lowest BCUT2D eigenvalue weighted by molar-refractivity contribution is 0.117. The maximum Gasteiger partial charge on any atom is 0.0547 e. The zero-order chi connectivity index (χ0) is 11.4. The van der Waals surface area contributed by atoms with Crippen molar-refractivity contribution in [3.8, 4) is 0 Å². The van der Waals surface area contributed by atoms with E-state index in [4.69, 9.17) is 4.74 Å². The standard InChI is InChI=1S/C13H26N2O/c1-12(2)14-9-13(5-8-16-11-13)10-15-6-3-4-7-15/h12,14H,3-11H2,1-2H3. The van der Waals surface area contributed by atoms with Crippen LogP contribution in [0.5, 0.6) is 0 Å². The lowest BCUT2D eigenvalue weighted by Gasteiger charge is -2.33. The molecule has 0 bridgehead atoms. The fourth-order valence-corrected chi connectivity index (χ4v) is 2.81. The van der Waals surface area contributed by atoms with Gasteiger partial charge in [0.25, 0.3) is 0 Å². The molecule has 16 heavy (non-hydrogen) atoms. The molecule has 3 nitrogen and oxygen atoms in total. The summed E-state index contributed by atoms with van der Waals surface area (Å²) >= 11 is 0. The normalized spacial score (nSPS) is 31.7. The highest BCUT2D eigenvalue weighted by molar-refractivity contribution is 4.89. The van der Waals surface area contributed by atoms with E-state index in [9.17, 15) is 0 Å². The van der Waals surface area contributed by atoms with Gasteiger partial charge in [0.1, 0.15) is 0 Å². The van der Waals surface area contributed by atoms with Gasteiger partial charge in [0.05, 0.1) is 6.61 Å². The minimum Gasteiger partial charge on any atom is -0.381 e. The monoisotopic (exact) mass is 226 g/mol. The summed E-state index contributed by atoms with van der Waals surface area (Å²) in [6.45, 7) is 11.3. The summed E-state index contributed by atoms with van der Waals surface area (Å²) in [7, 11) is 0. The average Bonchev–Trinajstić information content (AvgIpc) is 2.88. The Morgan fingerprint density at radius 2 is 2.06 bits per heavy atom. The molecule has 0 spiro atoms. The zero-order valence-electron chi connectivity index (χ0n) is 10.8. The van der Waals surface area contributed by atoms with Gasteiger partial charge in [0, 0.05) is 31.2 Å². The first kappa shape index (κ1) is 12.3. The molecule has 2 aliphatic rings. The molecule has 0 amide bonds. The maximum absolute atomic E-state index is 5.64. The molecule has 0 aromatic carbocycles. The molecule has 3 heteroatoms. The fraction of sp³-hybridized carbons (Fsp3) is 1.00. The van der Waals surface area contributed by atoms with Crippen molar-refractivity contribution in [1.29, 1.82) is 0 Å². The van der Waals surface area contributed by atoms with Gasteiger partial charge in [0.15, 0.2) is 0 Å².